The zero-order chi connectivity index (χ0) is 15.5. The number of hydrogen-bond donors (Lipinski definition) is 2. The molecule has 0 spiro atoms. The summed E-state index contributed by atoms with van der Waals surface area (Å²) in [6.07, 6.45) is 3.06. The van der Waals surface area contributed by atoms with Crippen molar-refractivity contribution < 1.29 is 18.3 Å². The fourth-order valence-corrected chi connectivity index (χ4v) is 2.96. The molecule has 0 saturated carbocycles. The number of benzene rings is 1. The van der Waals surface area contributed by atoms with Gasteiger partial charge in [-0.15, -0.1) is 0 Å². The molecule has 2 N–H and O–H groups in total. The highest BCUT2D eigenvalue weighted by molar-refractivity contribution is 7.91. The van der Waals surface area contributed by atoms with Crippen LogP contribution in [0.5, 0.6) is 0 Å². The van der Waals surface area contributed by atoms with Crippen molar-refractivity contribution >= 4 is 21.7 Å². The predicted octanol–water partition coefficient (Wildman–Crippen LogP) is 2.03. The molecule has 0 aliphatic heterocycles. The summed E-state index contributed by atoms with van der Waals surface area (Å²) in [4.78, 5) is 14.6. The van der Waals surface area contributed by atoms with Gasteiger partial charge in [0.1, 0.15) is 0 Å². The average molecular weight is 306 g/mol. The Morgan fingerprint density at radius 2 is 1.90 bits per heavy atom. The first kappa shape index (κ1) is 15.0. The molecule has 110 valence electrons. The van der Waals surface area contributed by atoms with Crippen LogP contribution in [0.3, 0.4) is 0 Å². The number of carboxylic acids is 1. The number of carboxylic acid groups (broad SMARTS) is 1. The van der Waals surface area contributed by atoms with E-state index in [9.17, 15) is 13.2 Å². The predicted molar refractivity (Wildman–Crippen MR) is 78.6 cm³/mol. The zero-order valence-electron chi connectivity index (χ0n) is 11.3. The van der Waals surface area contributed by atoms with Gasteiger partial charge in [0.2, 0.25) is 10.0 Å². The van der Waals surface area contributed by atoms with Crippen LogP contribution in [0.15, 0.2) is 42.7 Å². The lowest BCUT2D eigenvalue weighted by Crippen LogP contribution is -2.15. The van der Waals surface area contributed by atoms with Gasteiger partial charge < -0.3 is 5.11 Å². The number of hydrogen-bond acceptors (Lipinski definition) is 4. The van der Waals surface area contributed by atoms with Crippen molar-refractivity contribution in [2.24, 2.45) is 0 Å². The SMILES string of the molecule is Cc1cncc(NS(=O)(=O)Cc2ccc(C(=O)O)cc2)c1. The Kier molecular flexibility index (Phi) is 4.23. The third kappa shape index (κ3) is 4.28. The molecule has 2 rings (SSSR count). The number of carbonyl (C=O) groups is 1. The Balaban J connectivity index is 2.12. The number of pyridine rings is 1. The van der Waals surface area contributed by atoms with Crippen molar-refractivity contribution in [3.05, 3.63) is 59.4 Å². The maximum absolute atomic E-state index is 12.0. The number of aryl methyl sites for hydroxylation is 1. The number of aromatic carboxylic acids is 1. The van der Waals surface area contributed by atoms with E-state index in [-0.39, 0.29) is 11.3 Å². The van der Waals surface area contributed by atoms with Crippen molar-refractivity contribution in [2.75, 3.05) is 4.72 Å². The van der Waals surface area contributed by atoms with Gasteiger partial charge >= 0.3 is 5.97 Å². The first-order valence-electron chi connectivity index (χ1n) is 6.10. The Morgan fingerprint density at radius 1 is 1.24 bits per heavy atom. The van der Waals surface area contributed by atoms with E-state index in [1.54, 1.807) is 12.3 Å². The van der Waals surface area contributed by atoms with Crippen LogP contribution < -0.4 is 4.72 Å². The van der Waals surface area contributed by atoms with E-state index in [1.165, 1.54) is 30.5 Å². The van der Waals surface area contributed by atoms with E-state index in [4.69, 9.17) is 5.11 Å². The largest absolute Gasteiger partial charge is 0.478 e. The molecule has 2 aromatic rings. The molecule has 0 unspecified atom stereocenters. The van der Waals surface area contributed by atoms with E-state index in [0.29, 0.717) is 11.3 Å². The molecule has 1 aromatic heterocycles. The van der Waals surface area contributed by atoms with Crippen LogP contribution in [0.2, 0.25) is 0 Å². The summed E-state index contributed by atoms with van der Waals surface area (Å²) in [5.74, 6) is -1.28. The summed E-state index contributed by atoms with van der Waals surface area (Å²) in [6.45, 7) is 1.81. The molecule has 1 aromatic carbocycles. The Bertz CT molecular complexity index is 755. The number of aromatic nitrogens is 1. The molecule has 0 bridgehead atoms. The number of rotatable bonds is 5. The van der Waals surface area contributed by atoms with E-state index in [2.05, 4.69) is 9.71 Å². The minimum atomic E-state index is -3.57. The second-order valence-electron chi connectivity index (χ2n) is 4.61. The molecule has 1 heterocycles. The molecule has 0 fully saturated rings. The van der Waals surface area contributed by atoms with E-state index >= 15 is 0 Å². The molecule has 7 heteroatoms. The lowest BCUT2D eigenvalue weighted by molar-refractivity contribution is 0.0697. The minimum absolute atomic E-state index is 0.118. The van der Waals surface area contributed by atoms with E-state index in [1.807, 2.05) is 6.92 Å². The Morgan fingerprint density at radius 3 is 2.48 bits per heavy atom. The molecule has 0 aliphatic rings. The zero-order valence-corrected chi connectivity index (χ0v) is 12.1. The van der Waals surface area contributed by atoms with Gasteiger partial charge in [0.15, 0.2) is 0 Å². The van der Waals surface area contributed by atoms with Crippen LogP contribution in [-0.4, -0.2) is 24.5 Å². The van der Waals surface area contributed by atoms with Gasteiger partial charge in [-0.2, -0.15) is 0 Å². The number of nitrogens with zero attached hydrogens (tertiary/aromatic N) is 1. The van der Waals surface area contributed by atoms with Crippen LogP contribution in [0.1, 0.15) is 21.5 Å². The summed E-state index contributed by atoms with van der Waals surface area (Å²) in [7, 11) is -3.57. The molecule has 0 aliphatic carbocycles. The van der Waals surface area contributed by atoms with Gasteiger partial charge in [0.25, 0.3) is 0 Å². The second-order valence-corrected chi connectivity index (χ2v) is 6.34. The van der Waals surface area contributed by atoms with Crippen LogP contribution in [0.4, 0.5) is 5.69 Å². The molecular weight excluding hydrogens is 292 g/mol. The first-order chi connectivity index (χ1) is 9.85. The average Bonchev–Trinajstić information content (AvgIpc) is 2.38. The lowest BCUT2D eigenvalue weighted by Gasteiger charge is -2.08. The highest BCUT2D eigenvalue weighted by atomic mass is 32.2. The summed E-state index contributed by atoms with van der Waals surface area (Å²) in [6, 6.07) is 7.40. The summed E-state index contributed by atoms with van der Waals surface area (Å²) in [5, 5.41) is 8.79. The van der Waals surface area contributed by atoms with Crippen molar-refractivity contribution in [1.29, 1.82) is 0 Å². The highest BCUT2D eigenvalue weighted by Gasteiger charge is 2.12. The quantitative estimate of drug-likeness (QED) is 0.881. The van der Waals surface area contributed by atoms with Crippen LogP contribution in [-0.2, 0) is 15.8 Å². The van der Waals surface area contributed by atoms with E-state index < -0.39 is 16.0 Å². The first-order valence-corrected chi connectivity index (χ1v) is 7.75. The Labute approximate surface area is 122 Å². The summed E-state index contributed by atoms with van der Waals surface area (Å²) < 4.78 is 26.5. The van der Waals surface area contributed by atoms with Crippen molar-refractivity contribution in [1.82, 2.24) is 4.98 Å². The standard InChI is InChI=1S/C14H14N2O4S/c1-10-6-13(8-15-7-10)16-21(19,20)9-11-2-4-12(5-3-11)14(17)18/h2-8,16H,9H2,1H3,(H,17,18). The third-order valence-electron chi connectivity index (χ3n) is 2.71. The minimum Gasteiger partial charge on any atom is -0.478 e. The monoisotopic (exact) mass is 306 g/mol. The topological polar surface area (TPSA) is 96.4 Å². The van der Waals surface area contributed by atoms with Gasteiger partial charge in [0, 0.05) is 6.20 Å². The molecule has 0 radical (unpaired) electrons. The molecule has 0 atom stereocenters. The van der Waals surface area contributed by atoms with Crippen molar-refractivity contribution in [3.8, 4) is 0 Å². The fourth-order valence-electron chi connectivity index (χ4n) is 1.79. The summed E-state index contributed by atoms with van der Waals surface area (Å²) >= 11 is 0. The summed E-state index contributed by atoms with van der Waals surface area (Å²) in [5.41, 5.74) is 1.87. The van der Waals surface area contributed by atoms with E-state index in [0.717, 1.165) is 5.56 Å². The second kappa shape index (κ2) is 5.92. The van der Waals surface area contributed by atoms with Crippen LogP contribution in [0.25, 0.3) is 0 Å². The highest BCUT2D eigenvalue weighted by Crippen LogP contribution is 2.13. The van der Waals surface area contributed by atoms with Crippen molar-refractivity contribution in [2.45, 2.75) is 12.7 Å². The number of nitrogens with one attached hydrogen (secondary N) is 1. The van der Waals surface area contributed by atoms with Gasteiger partial charge in [-0.3, -0.25) is 9.71 Å². The van der Waals surface area contributed by atoms with Gasteiger partial charge in [0.05, 0.1) is 23.2 Å². The van der Waals surface area contributed by atoms with Crippen LogP contribution >= 0.6 is 0 Å². The number of anilines is 1. The third-order valence-corrected chi connectivity index (χ3v) is 3.97. The van der Waals surface area contributed by atoms with Gasteiger partial charge in [-0.05, 0) is 36.2 Å². The maximum atomic E-state index is 12.0. The maximum Gasteiger partial charge on any atom is 0.335 e. The molecule has 0 amide bonds. The number of sulfonamides is 1. The van der Waals surface area contributed by atoms with Gasteiger partial charge in [-0.1, -0.05) is 12.1 Å². The smallest absolute Gasteiger partial charge is 0.335 e. The molecule has 6 nitrogen and oxygen atoms in total. The van der Waals surface area contributed by atoms with Crippen molar-refractivity contribution in [3.63, 3.8) is 0 Å². The van der Waals surface area contributed by atoms with Gasteiger partial charge in [-0.25, -0.2) is 13.2 Å². The normalized spacial score (nSPS) is 11.1. The molecular formula is C14H14N2O4S. The Hall–Kier alpha value is -2.41. The lowest BCUT2D eigenvalue weighted by atomic mass is 10.1. The van der Waals surface area contributed by atoms with Crippen LogP contribution in [0, 0.1) is 6.92 Å². The fraction of sp³-hybridized carbons (Fsp3) is 0.143. The molecule has 0 saturated heterocycles. The molecule has 21 heavy (non-hydrogen) atoms.